The fourth-order valence-electron chi connectivity index (χ4n) is 1.17. The van der Waals surface area contributed by atoms with Crippen molar-refractivity contribution >= 4 is 28.3 Å². The molecule has 0 saturated heterocycles. The van der Waals surface area contributed by atoms with Crippen molar-refractivity contribution < 1.29 is 17.9 Å². The highest BCUT2D eigenvalue weighted by molar-refractivity contribution is 7.89. The number of likely N-dealkylation sites (N-methyl/N-ethyl adjacent to an activating group) is 1. The van der Waals surface area contributed by atoms with Crippen LogP contribution in [-0.4, -0.2) is 71.3 Å². The number of nitrogens with zero attached hydrogens (tertiary/aromatic N) is 1. The van der Waals surface area contributed by atoms with Crippen molar-refractivity contribution in [3.8, 4) is 0 Å². The second-order valence-corrected chi connectivity index (χ2v) is 6.11. The molecular weight excluding hydrogens is 294 g/mol. The Morgan fingerprint density at radius 1 is 1.26 bits per heavy atom. The highest BCUT2D eigenvalue weighted by atomic mass is 35.5. The van der Waals surface area contributed by atoms with Crippen molar-refractivity contribution in [3.63, 3.8) is 0 Å². The van der Waals surface area contributed by atoms with Crippen LogP contribution in [0.3, 0.4) is 0 Å². The highest BCUT2D eigenvalue weighted by Gasteiger charge is 2.17. The number of halogens is 1. The van der Waals surface area contributed by atoms with E-state index in [9.17, 15) is 13.2 Å². The summed E-state index contributed by atoms with van der Waals surface area (Å²) < 4.78 is 28.7. The van der Waals surface area contributed by atoms with Crippen LogP contribution >= 0.6 is 12.4 Å². The summed E-state index contributed by atoms with van der Waals surface area (Å²) in [6.07, 6.45) is 0. The van der Waals surface area contributed by atoms with Crippen LogP contribution < -0.4 is 10.6 Å². The summed E-state index contributed by atoms with van der Waals surface area (Å²) in [5.41, 5.74) is 0. The predicted molar refractivity (Wildman–Crippen MR) is 77.1 cm³/mol. The average molecular weight is 318 g/mol. The third-order valence-corrected chi connectivity index (χ3v) is 4.12. The van der Waals surface area contributed by atoms with Gasteiger partial charge in [-0.2, -0.15) is 4.31 Å². The Morgan fingerprint density at radius 3 is 2.42 bits per heavy atom. The number of hydrogen-bond acceptors (Lipinski definition) is 5. The Labute approximate surface area is 121 Å². The molecule has 19 heavy (non-hydrogen) atoms. The molecule has 0 unspecified atom stereocenters. The van der Waals surface area contributed by atoms with Gasteiger partial charge in [0.1, 0.15) is 0 Å². The fourth-order valence-corrected chi connectivity index (χ4v) is 1.92. The van der Waals surface area contributed by atoms with Gasteiger partial charge in [0, 0.05) is 33.8 Å². The smallest absolute Gasteiger partial charge is 0.235 e. The third kappa shape index (κ3) is 10.1. The lowest BCUT2D eigenvalue weighted by Gasteiger charge is -2.15. The molecule has 1 amide bonds. The molecule has 0 rings (SSSR count). The Hall–Kier alpha value is -0.410. The largest absolute Gasteiger partial charge is 0.383 e. The maximum Gasteiger partial charge on any atom is 0.235 e. The lowest BCUT2D eigenvalue weighted by molar-refractivity contribution is -0.121. The predicted octanol–water partition coefficient (Wildman–Crippen LogP) is -0.958. The molecule has 0 aliphatic heterocycles. The van der Waals surface area contributed by atoms with Crippen molar-refractivity contribution in [2.45, 2.75) is 6.92 Å². The topological polar surface area (TPSA) is 87.7 Å². The first-order chi connectivity index (χ1) is 8.44. The van der Waals surface area contributed by atoms with Crippen LogP contribution in [0, 0.1) is 0 Å². The molecule has 7 nitrogen and oxygen atoms in total. The molecule has 0 spiro atoms. The number of carbonyl (C=O) groups excluding carboxylic acids is 1. The molecule has 0 bridgehead atoms. The van der Waals surface area contributed by atoms with E-state index < -0.39 is 10.0 Å². The zero-order valence-electron chi connectivity index (χ0n) is 11.6. The summed E-state index contributed by atoms with van der Waals surface area (Å²) in [7, 11) is -0.279. The molecule has 0 atom stereocenters. The van der Waals surface area contributed by atoms with E-state index in [0.29, 0.717) is 19.7 Å². The van der Waals surface area contributed by atoms with E-state index in [0.717, 1.165) is 10.8 Å². The number of rotatable bonds is 10. The van der Waals surface area contributed by atoms with Crippen molar-refractivity contribution in [2.75, 3.05) is 52.7 Å². The summed E-state index contributed by atoms with van der Waals surface area (Å²) in [6.45, 7) is 3.82. The molecule has 116 valence electrons. The van der Waals surface area contributed by atoms with Crippen molar-refractivity contribution in [2.24, 2.45) is 0 Å². The van der Waals surface area contributed by atoms with Crippen LogP contribution in [-0.2, 0) is 19.6 Å². The minimum Gasteiger partial charge on any atom is -0.383 e. The summed E-state index contributed by atoms with van der Waals surface area (Å²) >= 11 is 0. The van der Waals surface area contributed by atoms with Crippen molar-refractivity contribution in [1.29, 1.82) is 0 Å². The van der Waals surface area contributed by atoms with Crippen LogP contribution in [0.15, 0.2) is 0 Å². The van der Waals surface area contributed by atoms with Crippen LogP contribution in [0.25, 0.3) is 0 Å². The summed E-state index contributed by atoms with van der Waals surface area (Å²) in [6, 6.07) is 0. The maximum absolute atomic E-state index is 11.4. The summed E-state index contributed by atoms with van der Waals surface area (Å²) in [5.74, 6) is -0.307. The molecule has 0 aliphatic rings. The van der Waals surface area contributed by atoms with Crippen LogP contribution in [0.5, 0.6) is 0 Å². The number of ether oxygens (including phenoxy) is 1. The van der Waals surface area contributed by atoms with Crippen LogP contribution in [0.2, 0.25) is 0 Å². The quantitative estimate of drug-likeness (QED) is 0.507. The van der Waals surface area contributed by atoms with Crippen LogP contribution in [0.4, 0.5) is 0 Å². The second kappa shape index (κ2) is 11.4. The first kappa shape index (κ1) is 20.9. The molecular formula is C10H24ClN3O4S. The Balaban J connectivity index is 0. The number of nitrogens with one attached hydrogen (secondary N) is 2. The van der Waals surface area contributed by atoms with Gasteiger partial charge in [0.2, 0.25) is 15.9 Å². The number of sulfonamides is 1. The van der Waals surface area contributed by atoms with E-state index in [2.05, 4.69) is 10.6 Å². The van der Waals surface area contributed by atoms with Gasteiger partial charge in [0.05, 0.1) is 18.9 Å². The SMILES string of the molecule is CCS(=O)(=O)N(C)CC(=O)NCCNCCOC.Cl. The first-order valence-corrected chi connectivity index (χ1v) is 7.45. The average Bonchev–Trinajstić information content (AvgIpc) is 2.33. The molecule has 9 heteroatoms. The van der Waals surface area contributed by atoms with Gasteiger partial charge in [-0.3, -0.25) is 4.79 Å². The lowest BCUT2D eigenvalue weighted by Crippen LogP contribution is -2.41. The first-order valence-electron chi connectivity index (χ1n) is 5.84. The fraction of sp³-hybridized carbons (Fsp3) is 0.900. The van der Waals surface area contributed by atoms with Gasteiger partial charge in [-0.25, -0.2) is 8.42 Å². The number of methoxy groups -OCH3 is 1. The highest BCUT2D eigenvalue weighted by Crippen LogP contribution is 1.95. The van der Waals surface area contributed by atoms with E-state index in [1.54, 1.807) is 14.0 Å². The zero-order chi connectivity index (χ0) is 14.0. The number of hydrogen-bond donors (Lipinski definition) is 2. The molecule has 0 radical (unpaired) electrons. The molecule has 0 aliphatic carbocycles. The molecule has 0 fully saturated rings. The van der Waals surface area contributed by atoms with Gasteiger partial charge < -0.3 is 15.4 Å². The maximum atomic E-state index is 11.4. The Morgan fingerprint density at radius 2 is 1.89 bits per heavy atom. The van der Waals surface area contributed by atoms with Crippen LogP contribution in [0.1, 0.15) is 6.92 Å². The van der Waals surface area contributed by atoms with E-state index in [1.165, 1.54) is 7.05 Å². The van der Waals surface area contributed by atoms with Gasteiger partial charge in [-0.15, -0.1) is 12.4 Å². The Kier molecular flexibility index (Phi) is 12.6. The molecule has 0 aromatic heterocycles. The molecule has 0 aromatic rings. The van der Waals surface area contributed by atoms with Crippen molar-refractivity contribution in [1.82, 2.24) is 14.9 Å². The summed E-state index contributed by atoms with van der Waals surface area (Å²) in [5, 5.41) is 5.70. The van der Waals surface area contributed by atoms with E-state index in [1.807, 2.05) is 0 Å². The van der Waals surface area contributed by atoms with Gasteiger partial charge in [-0.05, 0) is 6.92 Å². The van der Waals surface area contributed by atoms with E-state index >= 15 is 0 Å². The zero-order valence-corrected chi connectivity index (χ0v) is 13.3. The van der Waals surface area contributed by atoms with Gasteiger partial charge in [0.15, 0.2) is 0 Å². The van der Waals surface area contributed by atoms with Crippen molar-refractivity contribution in [3.05, 3.63) is 0 Å². The number of amides is 1. The van der Waals surface area contributed by atoms with Gasteiger partial charge in [0.25, 0.3) is 0 Å². The minimum atomic E-state index is -3.30. The lowest BCUT2D eigenvalue weighted by atomic mass is 10.5. The minimum absolute atomic E-state index is 0. The van der Waals surface area contributed by atoms with Gasteiger partial charge >= 0.3 is 0 Å². The molecule has 0 saturated carbocycles. The molecule has 0 aromatic carbocycles. The molecule has 2 N–H and O–H groups in total. The second-order valence-electron chi connectivity index (χ2n) is 3.75. The third-order valence-electron chi connectivity index (χ3n) is 2.31. The standard InChI is InChI=1S/C10H23N3O4S.ClH/c1-4-18(15,16)13(2)9-10(14)12-6-5-11-7-8-17-3;/h11H,4-9H2,1-3H3,(H,12,14);1H. The monoisotopic (exact) mass is 317 g/mol. The molecule has 0 heterocycles. The Bertz CT molecular complexity index is 338. The summed E-state index contributed by atoms with van der Waals surface area (Å²) in [4.78, 5) is 11.4. The number of carbonyl (C=O) groups is 1. The van der Waals surface area contributed by atoms with Gasteiger partial charge in [-0.1, -0.05) is 0 Å². The normalized spacial score (nSPS) is 11.2. The van der Waals surface area contributed by atoms with E-state index in [4.69, 9.17) is 4.74 Å². The van der Waals surface area contributed by atoms with E-state index in [-0.39, 0.29) is 30.6 Å².